The maximum atomic E-state index is 11.6. The second-order valence-corrected chi connectivity index (χ2v) is 5.10. The van der Waals surface area contributed by atoms with Crippen molar-refractivity contribution in [2.75, 3.05) is 6.61 Å². The van der Waals surface area contributed by atoms with E-state index >= 15 is 0 Å². The molecule has 0 saturated heterocycles. The van der Waals surface area contributed by atoms with Gasteiger partial charge in [-0.15, -0.1) is 0 Å². The largest absolute Gasteiger partial charge is 0.396 e. The third-order valence-electron chi connectivity index (χ3n) is 3.03. The SMILES string of the molecule is CC(C)(N)C(=O)N[C@H]1CC[C@H](CO)CC1. The molecule has 1 rings (SSSR count). The molecular weight excluding hydrogens is 192 g/mol. The highest BCUT2D eigenvalue weighted by molar-refractivity contribution is 5.85. The van der Waals surface area contributed by atoms with Crippen molar-refractivity contribution >= 4 is 5.91 Å². The molecule has 0 atom stereocenters. The third kappa shape index (κ3) is 3.80. The number of nitrogens with two attached hydrogens (primary N) is 1. The van der Waals surface area contributed by atoms with Crippen LogP contribution in [0.3, 0.4) is 0 Å². The first-order valence-electron chi connectivity index (χ1n) is 5.64. The fraction of sp³-hybridized carbons (Fsp3) is 0.909. The van der Waals surface area contributed by atoms with Crippen molar-refractivity contribution in [3.05, 3.63) is 0 Å². The van der Waals surface area contributed by atoms with Gasteiger partial charge in [0.15, 0.2) is 0 Å². The van der Waals surface area contributed by atoms with Crippen LogP contribution in [0, 0.1) is 5.92 Å². The molecule has 0 aliphatic heterocycles. The topological polar surface area (TPSA) is 75.4 Å². The van der Waals surface area contributed by atoms with Gasteiger partial charge in [-0.1, -0.05) is 0 Å². The lowest BCUT2D eigenvalue weighted by atomic mass is 9.86. The number of carbonyl (C=O) groups is 1. The zero-order valence-corrected chi connectivity index (χ0v) is 9.62. The first kappa shape index (κ1) is 12.5. The summed E-state index contributed by atoms with van der Waals surface area (Å²) in [4.78, 5) is 11.6. The highest BCUT2D eigenvalue weighted by atomic mass is 16.3. The Morgan fingerprint density at radius 1 is 1.40 bits per heavy atom. The van der Waals surface area contributed by atoms with Gasteiger partial charge in [0.1, 0.15) is 0 Å². The maximum absolute atomic E-state index is 11.6. The number of hydrogen-bond acceptors (Lipinski definition) is 3. The number of amides is 1. The van der Waals surface area contributed by atoms with E-state index in [0.717, 1.165) is 25.7 Å². The Hall–Kier alpha value is -0.610. The summed E-state index contributed by atoms with van der Waals surface area (Å²) in [7, 11) is 0. The summed E-state index contributed by atoms with van der Waals surface area (Å²) in [5.41, 5.74) is 4.90. The van der Waals surface area contributed by atoms with Gasteiger partial charge >= 0.3 is 0 Å². The number of rotatable bonds is 3. The van der Waals surface area contributed by atoms with Gasteiger partial charge in [-0.3, -0.25) is 4.79 Å². The van der Waals surface area contributed by atoms with E-state index in [-0.39, 0.29) is 18.6 Å². The number of nitrogens with one attached hydrogen (secondary N) is 1. The Morgan fingerprint density at radius 3 is 2.33 bits per heavy atom. The highest BCUT2D eigenvalue weighted by Crippen LogP contribution is 2.23. The summed E-state index contributed by atoms with van der Waals surface area (Å²) >= 11 is 0. The molecule has 15 heavy (non-hydrogen) atoms. The third-order valence-corrected chi connectivity index (χ3v) is 3.03. The lowest BCUT2D eigenvalue weighted by Gasteiger charge is -2.30. The zero-order chi connectivity index (χ0) is 11.5. The van der Waals surface area contributed by atoms with Crippen LogP contribution in [0.25, 0.3) is 0 Å². The summed E-state index contributed by atoms with van der Waals surface area (Å²) < 4.78 is 0. The molecule has 1 fully saturated rings. The van der Waals surface area contributed by atoms with E-state index < -0.39 is 5.54 Å². The Bertz CT molecular complexity index is 215. The average Bonchev–Trinajstić information content (AvgIpc) is 2.17. The summed E-state index contributed by atoms with van der Waals surface area (Å²) in [6, 6.07) is 0.239. The molecule has 0 aromatic carbocycles. The predicted octanol–water partition coefficient (Wildman–Crippen LogP) is 0.391. The van der Waals surface area contributed by atoms with Crippen LogP contribution < -0.4 is 11.1 Å². The minimum atomic E-state index is -0.798. The molecule has 0 radical (unpaired) electrons. The predicted molar refractivity (Wildman–Crippen MR) is 59.2 cm³/mol. The van der Waals surface area contributed by atoms with E-state index in [0.29, 0.717) is 5.92 Å². The smallest absolute Gasteiger partial charge is 0.239 e. The molecule has 0 unspecified atom stereocenters. The Morgan fingerprint density at radius 2 is 1.93 bits per heavy atom. The molecule has 0 aromatic heterocycles. The summed E-state index contributed by atoms with van der Waals surface area (Å²) in [6.07, 6.45) is 3.89. The van der Waals surface area contributed by atoms with Gasteiger partial charge in [0.25, 0.3) is 0 Å². The molecule has 88 valence electrons. The van der Waals surface area contributed by atoms with Crippen molar-refractivity contribution < 1.29 is 9.90 Å². The Kier molecular flexibility index (Phi) is 4.11. The number of hydrogen-bond donors (Lipinski definition) is 3. The van der Waals surface area contributed by atoms with Crippen LogP contribution in [0.15, 0.2) is 0 Å². The second-order valence-electron chi connectivity index (χ2n) is 5.10. The van der Waals surface area contributed by atoms with Crippen LogP contribution in [-0.2, 0) is 4.79 Å². The van der Waals surface area contributed by atoms with Crippen molar-refractivity contribution in [3.8, 4) is 0 Å². The van der Waals surface area contributed by atoms with Gasteiger partial charge in [0.05, 0.1) is 5.54 Å². The summed E-state index contributed by atoms with van der Waals surface area (Å²) in [5.74, 6) is 0.332. The molecule has 4 N–H and O–H groups in total. The minimum absolute atomic E-state index is 0.0880. The van der Waals surface area contributed by atoms with Gasteiger partial charge in [-0.25, -0.2) is 0 Å². The molecule has 1 amide bonds. The van der Waals surface area contributed by atoms with Gasteiger partial charge in [-0.05, 0) is 45.4 Å². The normalized spacial score (nSPS) is 27.5. The van der Waals surface area contributed by atoms with Crippen LogP contribution in [0.4, 0.5) is 0 Å². The monoisotopic (exact) mass is 214 g/mol. The quantitative estimate of drug-likeness (QED) is 0.636. The van der Waals surface area contributed by atoms with Crippen LogP contribution in [0.2, 0.25) is 0 Å². The molecule has 0 bridgehead atoms. The van der Waals surface area contributed by atoms with Crippen molar-refractivity contribution in [2.24, 2.45) is 11.7 Å². The molecule has 1 aliphatic carbocycles. The van der Waals surface area contributed by atoms with Crippen molar-refractivity contribution in [1.29, 1.82) is 0 Å². The molecule has 4 nitrogen and oxygen atoms in total. The minimum Gasteiger partial charge on any atom is -0.396 e. The van der Waals surface area contributed by atoms with Crippen molar-refractivity contribution in [2.45, 2.75) is 51.1 Å². The van der Waals surface area contributed by atoms with Crippen LogP contribution in [-0.4, -0.2) is 29.2 Å². The van der Waals surface area contributed by atoms with Crippen LogP contribution in [0.1, 0.15) is 39.5 Å². The molecule has 1 saturated carbocycles. The van der Waals surface area contributed by atoms with Gasteiger partial charge in [-0.2, -0.15) is 0 Å². The van der Waals surface area contributed by atoms with Gasteiger partial charge < -0.3 is 16.2 Å². The number of aliphatic hydroxyl groups excluding tert-OH is 1. The highest BCUT2D eigenvalue weighted by Gasteiger charge is 2.27. The lowest BCUT2D eigenvalue weighted by Crippen LogP contribution is -2.52. The average molecular weight is 214 g/mol. The fourth-order valence-electron chi connectivity index (χ4n) is 1.86. The number of carbonyl (C=O) groups excluding carboxylic acids is 1. The Labute approximate surface area is 91.2 Å². The zero-order valence-electron chi connectivity index (χ0n) is 9.62. The van der Waals surface area contributed by atoms with E-state index in [1.807, 2.05) is 0 Å². The van der Waals surface area contributed by atoms with Crippen LogP contribution in [0.5, 0.6) is 0 Å². The first-order valence-corrected chi connectivity index (χ1v) is 5.64. The maximum Gasteiger partial charge on any atom is 0.239 e. The summed E-state index contributed by atoms with van der Waals surface area (Å²) in [6.45, 7) is 3.69. The van der Waals surface area contributed by atoms with Crippen molar-refractivity contribution in [1.82, 2.24) is 5.32 Å². The molecule has 0 aromatic rings. The molecular formula is C11H22N2O2. The second kappa shape index (κ2) is 4.94. The standard InChI is InChI=1S/C11H22N2O2/c1-11(2,12)10(15)13-9-5-3-8(7-14)4-6-9/h8-9,14H,3-7,12H2,1-2H3,(H,13,15)/t8-,9-. The van der Waals surface area contributed by atoms with E-state index in [9.17, 15) is 4.79 Å². The van der Waals surface area contributed by atoms with E-state index in [4.69, 9.17) is 10.8 Å². The Balaban J connectivity index is 2.33. The molecule has 4 heteroatoms. The molecule has 0 heterocycles. The fourth-order valence-corrected chi connectivity index (χ4v) is 1.86. The molecule has 0 spiro atoms. The summed E-state index contributed by atoms with van der Waals surface area (Å²) in [5, 5.41) is 11.9. The van der Waals surface area contributed by atoms with E-state index in [1.165, 1.54) is 0 Å². The lowest BCUT2D eigenvalue weighted by molar-refractivity contribution is -0.126. The first-order chi connectivity index (χ1) is 6.93. The number of aliphatic hydroxyl groups is 1. The van der Waals surface area contributed by atoms with Gasteiger partial charge in [0, 0.05) is 12.6 Å². The van der Waals surface area contributed by atoms with E-state index in [1.54, 1.807) is 13.8 Å². The van der Waals surface area contributed by atoms with Crippen LogP contribution >= 0.6 is 0 Å². The van der Waals surface area contributed by atoms with Crippen molar-refractivity contribution in [3.63, 3.8) is 0 Å². The van der Waals surface area contributed by atoms with Gasteiger partial charge in [0.2, 0.25) is 5.91 Å². The molecule has 1 aliphatic rings. The van der Waals surface area contributed by atoms with E-state index in [2.05, 4.69) is 5.32 Å².